The molecule has 3 aromatic carbocycles. The molecule has 176 valence electrons. The number of hydrogen-bond acceptors (Lipinski definition) is 2. The Morgan fingerprint density at radius 1 is 0.667 bits per heavy atom. The van der Waals surface area contributed by atoms with Gasteiger partial charge in [-0.2, -0.15) is 8.78 Å². The lowest BCUT2D eigenvalue weighted by Crippen LogP contribution is -2.25. The number of alkyl halides is 5. The van der Waals surface area contributed by atoms with Crippen LogP contribution in [0, 0.1) is 23.3 Å². The number of aryl methyl sites for hydroxylation is 1. The molecular weight excluding hydrogens is 467 g/mol. The minimum atomic E-state index is -5.32. The van der Waals surface area contributed by atoms with E-state index in [0.29, 0.717) is 12.1 Å². The van der Waals surface area contributed by atoms with Crippen LogP contribution in [0.4, 0.5) is 39.5 Å². The molecule has 0 unspecified atom stereocenters. The van der Waals surface area contributed by atoms with Crippen molar-refractivity contribution in [2.24, 2.45) is 0 Å². The summed E-state index contributed by atoms with van der Waals surface area (Å²) in [5.41, 5.74) is -1.63. The maximum absolute atomic E-state index is 14.4. The quantitative estimate of drug-likeness (QED) is 0.340. The molecule has 3 rings (SSSR count). The third-order valence-corrected chi connectivity index (χ3v) is 4.45. The first-order valence-corrected chi connectivity index (χ1v) is 9.21. The molecule has 0 aliphatic rings. The van der Waals surface area contributed by atoms with Gasteiger partial charge in [-0.3, -0.25) is 0 Å². The third-order valence-electron chi connectivity index (χ3n) is 4.45. The second-order valence-corrected chi connectivity index (χ2v) is 6.75. The molecule has 0 spiro atoms. The number of ether oxygens (including phenoxy) is 2. The van der Waals surface area contributed by atoms with Gasteiger partial charge in [-0.25, -0.2) is 17.6 Å². The molecule has 3 aromatic rings. The summed E-state index contributed by atoms with van der Waals surface area (Å²) in [7, 11) is 0. The zero-order chi connectivity index (χ0) is 24.6. The van der Waals surface area contributed by atoms with Crippen LogP contribution in [0.15, 0.2) is 48.5 Å². The van der Waals surface area contributed by atoms with E-state index in [9.17, 15) is 39.5 Å². The van der Waals surface area contributed by atoms with Crippen molar-refractivity contribution in [3.05, 3.63) is 82.9 Å². The first kappa shape index (κ1) is 24.3. The Balaban J connectivity index is 1.85. The van der Waals surface area contributed by atoms with Gasteiger partial charge in [0, 0.05) is 0 Å². The third kappa shape index (κ3) is 5.52. The van der Waals surface area contributed by atoms with Crippen LogP contribution in [0.5, 0.6) is 11.5 Å². The second-order valence-electron chi connectivity index (χ2n) is 6.75. The first-order chi connectivity index (χ1) is 15.3. The zero-order valence-electron chi connectivity index (χ0n) is 16.5. The van der Waals surface area contributed by atoms with Crippen molar-refractivity contribution in [2.75, 3.05) is 0 Å². The molecule has 0 saturated heterocycles. The minimum absolute atomic E-state index is 0.0201. The van der Waals surface area contributed by atoms with Gasteiger partial charge in [0.25, 0.3) is 0 Å². The monoisotopic (exact) mass is 480 g/mol. The molecule has 0 radical (unpaired) electrons. The Kier molecular flexibility index (Phi) is 6.53. The van der Waals surface area contributed by atoms with Crippen LogP contribution in [0.1, 0.15) is 18.1 Å². The number of halogens is 9. The summed E-state index contributed by atoms with van der Waals surface area (Å²) in [6, 6.07) is 6.60. The lowest BCUT2D eigenvalue weighted by atomic mass is 10.0. The van der Waals surface area contributed by atoms with Crippen molar-refractivity contribution in [3.63, 3.8) is 0 Å². The van der Waals surface area contributed by atoms with Gasteiger partial charge in [0.1, 0.15) is 22.9 Å². The summed E-state index contributed by atoms with van der Waals surface area (Å²) >= 11 is 0. The number of rotatable bonds is 6. The van der Waals surface area contributed by atoms with Crippen LogP contribution in [-0.2, 0) is 12.5 Å². The Morgan fingerprint density at radius 3 is 1.64 bits per heavy atom. The fraction of sp³-hybridized carbons (Fsp3) is 0.182. The average Bonchev–Trinajstić information content (AvgIpc) is 2.69. The van der Waals surface area contributed by atoms with Crippen molar-refractivity contribution in [1.29, 1.82) is 0 Å². The molecule has 0 saturated carbocycles. The Morgan fingerprint density at radius 2 is 1.18 bits per heavy atom. The predicted molar refractivity (Wildman–Crippen MR) is 98.7 cm³/mol. The van der Waals surface area contributed by atoms with Crippen molar-refractivity contribution >= 4 is 0 Å². The van der Waals surface area contributed by atoms with E-state index < -0.39 is 52.8 Å². The standard InChI is InChI=1S/C22H13F9O2/c1-2-11-7-15(23)19(16(24)8-11)21(27,28)32-14-5-3-12(4-6-14)13-9-17(25)20(18(26)10-13)33-22(29,30)31/h3-10H,2H2,1H3. The lowest BCUT2D eigenvalue weighted by molar-refractivity contribution is -0.276. The highest BCUT2D eigenvalue weighted by molar-refractivity contribution is 5.65. The zero-order valence-corrected chi connectivity index (χ0v) is 16.5. The van der Waals surface area contributed by atoms with E-state index in [4.69, 9.17) is 0 Å². The van der Waals surface area contributed by atoms with E-state index in [1.54, 1.807) is 6.92 Å². The molecule has 11 heteroatoms. The van der Waals surface area contributed by atoms with Gasteiger partial charge in [-0.15, -0.1) is 13.2 Å². The van der Waals surface area contributed by atoms with Gasteiger partial charge >= 0.3 is 12.5 Å². The van der Waals surface area contributed by atoms with Gasteiger partial charge in [-0.05, 0) is 59.5 Å². The van der Waals surface area contributed by atoms with E-state index in [2.05, 4.69) is 9.47 Å². The van der Waals surface area contributed by atoms with Gasteiger partial charge in [-0.1, -0.05) is 19.1 Å². The molecule has 0 fully saturated rings. The van der Waals surface area contributed by atoms with Crippen LogP contribution < -0.4 is 9.47 Å². The maximum atomic E-state index is 14.4. The molecule has 0 heterocycles. The van der Waals surface area contributed by atoms with Crippen LogP contribution in [-0.4, -0.2) is 6.36 Å². The van der Waals surface area contributed by atoms with Gasteiger partial charge < -0.3 is 9.47 Å². The smallest absolute Gasteiger partial charge is 0.429 e. The summed E-state index contributed by atoms with van der Waals surface area (Å²) in [5, 5.41) is 0. The molecule has 0 bridgehead atoms. The molecule has 0 aromatic heterocycles. The fourth-order valence-corrected chi connectivity index (χ4v) is 2.96. The van der Waals surface area contributed by atoms with Crippen molar-refractivity contribution < 1.29 is 49.0 Å². The molecule has 2 nitrogen and oxygen atoms in total. The highest BCUT2D eigenvalue weighted by Gasteiger charge is 2.41. The lowest BCUT2D eigenvalue weighted by Gasteiger charge is -2.20. The second kappa shape index (κ2) is 8.87. The van der Waals surface area contributed by atoms with Crippen molar-refractivity contribution in [2.45, 2.75) is 25.8 Å². The first-order valence-electron chi connectivity index (χ1n) is 9.21. The molecule has 0 N–H and O–H groups in total. The minimum Gasteiger partial charge on any atom is -0.429 e. The summed E-state index contributed by atoms with van der Waals surface area (Å²) in [6.45, 7) is 1.58. The topological polar surface area (TPSA) is 18.5 Å². The van der Waals surface area contributed by atoms with Crippen LogP contribution >= 0.6 is 0 Å². The van der Waals surface area contributed by atoms with E-state index in [1.165, 1.54) is 0 Å². The Labute approximate surface area is 181 Å². The molecule has 0 aliphatic heterocycles. The fourth-order valence-electron chi connectivity index (χ4n) is 2.96. The van der Waals surface area contributed by atoms with E-state index >= 15 is 0 Å². The van der Waals surface area contributed by atoms with Crippen molar-refractivity contribution in [1.82, 2.24) is 0 Å². The average molecular weight is 480 g/mol. The maximum Gasteiger partial charge on any atom is 0.573 e. The van der Waals surface area contributed by atoms with Gasteiger partial charge in [0.05, 0.1) is 0 Å². The van der Waals surface area contributed by atoms with Gasteiger partial charge in [0.2, 0.25) is 5.75 Å². The predicted octanol–water partition coefficient (Wildman–Crippen LogP) is 7.50. The van der Waals surface area contributed by atoms with Crippen LogP contribution in [0.3, 0.4) is 0 Å². The van der Waals surface area contributed by atoms with E-state index in [0.717, 1.165) is 36.4 Å². The molecule has 0 atom stereocenters. The largest absolute Gasteiger partial charge is 0.573 e. The van der Waals surface area contributed by atoms with Crippen molar-refractivity contribution in [3.8, 4) is 22.6 Å². The summed E-state index contributed by atoms with van der Waals surface area (Å²) in [5.74, 6) is -8.48. The Hall–Kier alpha value is -3.37. The SMILES string of the molecule is CCc1cc(F)c(C(F)(F)Oc2ccc(-c3cc(F)c(OC(F)(F)F)c(F)c3)cc2)c(F)c1. The molecule has 0 aliphatic carbocycles. The van der Waals surface area contributed by atoms with E-state index in [1.807, 2.05) is 0 Å². The highest BCUT2D eigenvalue weighted by Crippen LogP contribution is 2.37. The highest BCUT2D eigenvalue weighted by atomic mass is 19.4. The summed E-state index contributed by atoms with van der Waals surface area (Å²) < 4.78 is 129. The molecule has 0 amide bonds. The van der Waals surface area contributed by atoms with Crippen LogP contribution in [0.2, 0.25) is 0 Å². The van der Waals surface area contributed by atoms with E-state index in [-0.39, 0.29) is 23.1 Å². The summed E-state index contributed by atoms with van der Waals surface area (Å²) in [6.07, 6.45) is -9.49. The number of hydrogen-bond donors (Lipinski definition) is 0. The van der Waals surface area contributed by atoms with Gasteiger partial charge in [0.15, 0.2) is 11.6 Å². The Bertz CT molecular complexity index is 1110. The molecule has 33 heavy (non-hydrogen) atoms. The normalized spacial score (nSPS) is 12.1. The van der Waals surface area contributed by atoms with Crippen LogP contribution in [0.25, 0.3) is 11.1 Å². The number of benzene rings is 3. The summed E-state index contributed by atoms with van der Waals surface area (Å²) in [4.78, 5) is 0. The molecular formula is C22H13F9O2.